The fraction of sp³-hybridized carbons (Fsp3) is 0.600. The summed E-state index contributed by atoms with van der Waals surface area (Å²) < 4.78 is 0. The van der Waals surface area contributed by atoms with Gasteiger partial charge in [0.1, 0.15) is 0 Å². The van der Waals surface area contributed by atoms with Crippen LogP contribution in [0, 0.1) is 5.41 Å². The molecule has 0 N–H and O–H groups in total. The van der Waals surface area contributed by atoms with E-state index in [1.807, 2.05) is 0 Å². The lowest BCUT2D eigenvalue weighted by atomic mass is 9.77. The van der Waals surface area contributed by atoms with Crippen LogP contribution in [0.1, 0.15) is 52.0 Å². The normalized spacial score (nSPS) is 14.9. The molecule has 0 heteroatoms. The predicted octanol–water partition coefficient (Wildman–Crippen LogP) is 4.84. The number of hydrogen-bond acceptors (Lipinski definition) is 0. The van der Waals surface area contributed by atoms with E-state index in [9.17, 15) is 0 Å². The minimum absolute atomic E-state index is 0.497. The van der Waals surface area contributed by atoms with Crippen molar-refractivity contribution in [2.45, 2.75) is 52.9 Å². The smallest absolute Gasteiger partial charge is 0.0225 e. The minimum atomic E-state index is 0.497. The molecule has 84 valence electrons. The van der Waals surface area contributed by atoms with Crippen LogP contribution in [0.15, 0.2) is 30.3 Å². The largest absolute Gasteiger partial charge is 0.0654 e. The Balaban J connectivity index is 2.59. The highest BCUT2D eigenvalue weighted by molar-refractivity contribution is 5.16. The molecule has 1 unspecified atom stereocenters. The van der Waals surface area contributed by atoms with Crippen LogP contribution in [-0.2, 0) is 6.42 Å². The fourth-order valence-electron chi connectivity index (χ4n) is 2.08. The Morgan fingerprint density at radius 1 is 1.07 bits per heavy atom. The molecule has 0 aliphatic heterocycles. The maximum absolute atomic E-state index is 2.43. The van der Waals surface area contributed by atoms with Crippen LogP contribution in [0.2, 0.25) is 0 Å². The lowest BCUT2D eigenvalue weighted by molar-refractivity contribution is 0.273. The molecule has 1 atom stereocenters. The maximum atomic E-state index is 2.43. The van der Waals surface area contributed by atoms with Crippen LogP contribution in [0.3, 0.4) is 0 Å². The van der Waals surface area contributed by atoms with Crippen LogP contribution in [0.25, 0.3) is 0 Å². The summed E-state index contributed by atoms with van der Waals surface area (Å²) in [4.78, 5) is 0. The number of unbranched alkanes of at least 4 members (excludes halogenated alkanes) is 1. The maximum Gasteiger partial charge on any atom is -0.0225 e. The highest BCUT2D eigenvalue weighted by atomic mass is 14.3. The molecule has 0 radical (unpaired) electrons. The second kappa shape index (κ2) is 5.95. The number of benzene rings is 1. The van der Waals surface area contributed by atoms with E-state index in [1.54, 1.807) is 0 Å². The summed E-state index contributed by atoms with van der Waals surface area (Å²) in [5, 5.41) is 0. The predicted molar refractivity (Wildman–Crippen MR) is 68.1 cm³/mol. The van der Waals surface area contributed by atoms with E-state index < -0.39 is 0 Å². The first kappa shape index (κ1) is 12.3. The van der Waals surface area contributed by atoms with Crippen LogP contribution >= 0.6 is 0 Å². The zero-order valence-corrected chi connectivity index (χ0v) is 10.4. The topological polar surface area (TPSA) is 0 Å². The van der Waals surface area contributed by atoms with E-state index in [0.717, 1.165) is 0 Å². The standard InChI is InChI=1S/C15H24/c1-4-6-12-15(3,5-2)13-14-10-8-7-9-11-14/h7-11H,4-6,12-13H2,1-3H3. The molecule has 0 bridgehead atoms. The second-order valence-corrected chi connectivity index (χ2v) is 4.93. The zero-order chi connectivity index (χ0) is 11.1. The molecule has 0 fully saturated rings. The Bertz CT molecular complexity index is 263. The van der Waals surface area contributed by atoms with Gasteiger partial charge < -0.3 is 0 Å². The minimum Gasteiger partial charge on any atom is -0.0654 e. The van der Waals surface area contributed by atoms with Gasteiger partial charge in [-0.1, -0.05) is 70.4 Å². The highest BCUT2D eigenvalue weighted by Crippen LogP contribution is 2.32. The van der Waals surface area contributed by atoms with Crippen LogP contribution in [0.5, 0.6) is 0 Å². The van der Waals surface area contributed by atoms with Gasteiger partial charge in [0.15, 0.2) is 0 Å². The van der Waals surface area contributed by atoms with Gasteiger partial charge in [0.25, 0.3) is 0 Å². The molecule has 0 saturated carbocycles. The first-order valence-electron chi connectivity index (χ1n) is 6.24. The first-order valence-corrected chi connectivity index (χ1v) is 6.24. The van der Waals surface area contributed by atoms with Crippen molar-refractivity contribution in [3.05, 3.63) is 35.9 Å². The molecule has 1 rings (SSSR count). The lowest BCUT2D eigenvalue weighted by Gasteiger charge is -2.28. The Hall–Kier alpha value is -0.780. The van der Waals surface area contributed by atoms with E-state index >= 15 is 0 Å². The van der Waals surface area contributed by atoms with Gasteiger partial charge in [-0.3, -0.25) is 0 Å². The monoisotopic (exact) mass is 204 g/mol. The van der Waals surface area contributed by atoms with Crippen LogP contribution in [-0.4, -0.2) is 0 Å². The second-order valence-electron chi connectivity index (χ2n) is 4.93. The quantitative estimate of drug-likeness (QED) is 0.622. The van der Waals surface area contributed by atoms with Crippen molar-refractivity contribution in [1.82, 2.24) is 0 Å². The van der Waals surface area contributed by atoms with Crippen molar-refractivity contribution in [1.29, 1.82) is 0 Å². The SMILES string of the molecule is CCCCC(C)(CC)Cc1ccccc1. The molecule has 0 amide bonds. The van der Waals surface area contributed by atoms with Crippen molar-refractivity contribution in [3.8, 4) is 0 Å². The molecular weight excluding hydrogens is 180 g/mol. The number of rotatable bonds is 6. The summed E-state index contributed by atoms with van der Waals surface area (Å²) in [6.45, 7) is 7.02. The summed E-state index contributed by atoms with van der Waals surface area (Å²) in [7, 11) is 0. The zero-order valence-electron chi connectivity index (χ0n) is 10.4. The summed E-state index contributed by atoms with van der Waals surface area (Å²) in [6.07, 6.45) is 6.53. The van der Waals surface area contributed by atoms with Gasteiger partial charge in [-0.2, -0.15) is 0 Å². The average molecular weight is 204 g/mol. The van der Waals surface area contributed by atoms with Crippen molar-refractivity contribution in [2.24, 2.45) is 5.41 Å². The van der Waals surface area contributed by atoms with Gasteiger partial charge in [-0.05, 0) is 23.8 Å². The highest BCUT2D eigenvalue weighted by Gasteiger charge is 2.21. The third-order valence-electron chi connectivity index (χ3n) is 3.46. The Morgan fingerprint density at radius 2 is 1.73 bits per heavy atom. The van der Waals surface area contributed by atoms with Gasteiger partial charge in [-0.15, -0.1) is 0 Å². The summed E-state index contributed by atoms with van der Waals surface area (Å²) in [6, 6.07) is 10.9. The van der Waals surface area contributed by atoms with Gasteiger partial charge in [0.2, 0.25) is 0 Å². The van der Waals surface area contributed by atoms with Crippen molar-refractivity contribution >= 4 is 0 Å². The molecule has 0 aliphatic carbocycles. The van der Waals surface area contributed by atoms with Gasteiger partial charge in [-0.25, -0.2) is 0 Å². The summed E-state index contributed by atoms with van der Waals surface area (Å²) in [5.41, 5.74) is 1.98. The van der Waals surface area contributed by atoms with Crippen LogP contribution in [0.4, 0.5) is 0 Å². The molecule has 0 spiro atoms. The van der Waals surface area contributed by atoms with Crippen molar-refractivity contribution < 1.29 is 0 Å². The molecular formula is C15H24. The van der Waals surface area contributed by atoms with E-state index in [1.165, 1.54) is 37.7 Å². The van der Waals surface area contributed by atoms with Crippen molar-refractivity contribution in [2.75, 3.05) is 0 Å². The lowest BCUT2D eigenvalue weighted by Crippen LogP contribution is -2.18. The van der Waals surface area contributed by atoms with Crippen LogP contribution < -0.4 is 0 Å². The average Bonchev–Trinajstić information content (AvgIpc) is 2.28. The fourth-order valence-corrected chi connectivity index (χ4v) is 2.08. The number of hydrogen-bond donors (Lipinski definition) is 0. The molecule has 1 aromatic carbocycles. The van der Waals surface area contributed by atoms with E-state index in [0.29, 0.717) is 5.41 Å². The Morgan fingerprint density at radius 3 is 2.27 bits per heavy atom. The third kappa shape index (κ3) is 4.07. The molecule has 15 heavy (non-hydrogen) atoms. The molecule has 0 aromatic heterocycles. The molecule has 0 heterocycles. The summed E-state index contributed by atoms with van der Waals surface area (Å²) in [5.74, 6) is 0. The van der Waals surface area contributed by atoms with Crippen molar-refractivity contribution in [3.63, 3.8) is 0 Å². The molecule has 0 saturated heterocycles. The van der Waals surface area contributed by atoms with Gasteiger partial charge in [0, 0.05) is 0 Å². The molecule has 0 aliphatic rings. The van der Waals surface area contributed by atoms with Gasteiger partial charge >= 0.3 is 0 Å². The first-order chi connectivity index (χ1) is 7.20. The molecule has 0 nitrogen and oxygen atoms in total. The van der Waals surface area contributed by atoms with Gasteiger partial charge in [0.05, 0.1) is 0 Å². The Labute approximate surface area is 94.7 Å². The van der Waals surface area contributed by atoms with E-state index in [2.05, 4.69) is 51.1 Å². The van der Waals surface area contributed by atoms with E-state index in [4.69, 9.17) is 0 Å². The molecule has 1 aromatic rings. The summed E-state index contributed by atoms with van der Waals surface area (Å²) >= 11 is 0. The third-order valence-corrected chi connectivity index (χ3v) is 3.46. The van der Waals surface area contributed by atoms with E-state index in [-0.39, 0.29) is 0 Å². The Kier molecular flexibility index (Phi) is 4.87.